The monoisotopic (exact) mass is 347 g/mol. The first-order chi connectivity index (χ1) is 12.7. The largest absolute Gasteiger partial charge is 0.341 e. The van der Waals surface area contributed by atoms with E-state index in [-0.39, 0.29) is 0 Å². The van der Waals surface area contributed by atoms with E-state index in [0.717, 1.165) is 42.3 Å². The van der Waals surface area contributed by atoms with Crippen LogP contribution in [-0.2, 0) is 7.05 Å². The molecule has 1 fully saturated rings. The van der Waals surface area contributed by atoms with Crippen molar-refractivity contribution < 1.29 is 0 Å². The molecule has 0 spiro atoms. The highest BCUT2D eigenvalue weighted by molar-refractivity contribution is 5.62. The number of aryl methyl sites for hydroxylation is 2. The summed E-state index contributed by atoms with van der Waals surface area (Å²) in [6, 6.07) is 10.9. The van der Waals surface area contributed by atoms with Gasteiger partial charge >= 0.3 is 0 Å². The summed E-state index contributed by atoms with van der Waals surface area (Å²) in [5, 5.41) is 4.28. The van der Waals surface area contributed by atoms with E-state index in [1.165, 1.54) is 18.4 Å². The lowest BCUT2D eigenvalue weighted by atomic mass is 9.92. The fraction of sp³-hybridized carbons (Fsp3) is 0.381. The standard InChI is InChI=1S/C21H25N5/c1-16-13-22-21(24-20(16)19-14-23-25(2)15-19)26-11-6-9-18(10-12-26)17-7-4-3-5-8-17/h3-5,7-8,13-15,18H,6,9-12H2,1-2H3/t18-/m1/s1. The van der Waals surface area contributed by atoms with Gasteiger partial charge in [-0.2, -0.15) is 5.10 Å². The van der Waals surface area contributed by atoms with Gasteiger partial charge in [0.25, 0.3) is 0 Å². The molecule has 4 rings (SSSR count). The van der Waals surface area contributed by atoms with Crippen LogP contribution in [0, 0.1) is 6.92 Å². The summed E-state index contributed by atoms with van der Waals surface area (Å²) in [7, 11) is 1.93. The van der Waals surface area contributed by atoms with Crippen molar-refractivity contribution in [2.24, 2.45) is 7.05 Å². The zero-order valence-corrected chi connectivity index (χ0v) is 15.5. The highest BCUT2D eigenvalue weighted by Crippen LogP contribution is 2.30. The Morgan fingerprint density at radius 2 is 1.88 bits per heavy atom. The van der Waals surface area contributed by atoms with E-state index in [1.807, 2.05) is 30.3 Å². The minimum absolute atomic E-state index is 0.629. The number of rotatable bonds is 3. The van der Waals surface area contributed by atoms with E-state index in [1.54, 1.807) is 0 Å². The van der Waals surface area contributed by atoms with Gasteiger partial charge in [-0.05, 0) is 43.2 Å². The third-order valence-electron chi connectivity index (χ3n) is 5.22. The van der Waals surface area contributed by atoms with E-state index in [4.69, 9.17) is 4.98 Å². The zero-order chi connectivity index (χ0) is 17.9. The molecule has 1 atom stereocenters. The predicted molar refractivity (Wildman–Crippen MR) is 104 cm³/mol. The lowest BCUT2D eigenvalue weighted by Crippen LogP contribution is -2.26. The Morgan fingerprint density at radius 1 is 1.04 bits per heavy atom. The Labute approximate surface area is 154 Å². The summed E-state index contributed by atoms with van der Waals surface area (Å²) >= 11 is 0. The van der Waals surface area contributed by atoms with Crippen LogP contribution < -0.4 is 4.90 Å². The van der Waals surface area contributed by atoms with Crippen molar-refractivity contribution in [2.75, 3.05) is 18.0 Å². The number of aromatic nitrogens is 4. The lowest BCUT2D eigenvalue weighted by molar-refractivity contribution is 0.611. The van der Waals surface area contributed by atoms with Crippen molar-refractivity contribution in [3.8, 4) is 11.3 Å². The molecule has 0 N–H and O–H groups in total. The first kappa shape index (κ1) is 16.8. The molecule has 134 valence electrons. The van der Waals surface area contributed by atoms with Gasteiger partial charge in [-0.3, -0.25) is 4.68 Å². The second-order valence-corrected chi connectivity index (χ2v) is 7.13. The van der Waals surface area contributed by atoms with E-state index >= 15 is 0 Å². The number of benzene rings is 1. The fourth-order valence-corrected chi connectivity index (χ4v) is 3.78. The fourth-order valence-electron chi connectivity index (χ4n) is 3.78. The topological polar surface area (TPSA) is 46.8 Å². The maximum absolute atomic E-state index is 4.88. The van der Waals surface area contributed by atoms with Crippen LogP contribution in [0.1, 0.15) is 36.3 Å². The minimum Gasteiger partial charge on any atom is -0.341 e. The molecular weight excluding hydrogens is 322 g/mol. The third-order valence-corrected chi connectivity index (χ3v) is 5.22. The van der Waals surface area contributed by atoms with Crippen LogP contribution in [0.2, 0.25) is 0 Å². The van der Waals surface area contributed by atoms with E-state index in [9.17, 15) is 0 Å². The van der Waals surface area contributed by atoms with Gasteiger partial charge in [0.05, 0.1) is 11.9 Å². The molecule has 1 aromatic carbocycles. The summed E-state index contributed by atoms with van der Waals surface area (Å²) in [5.74, 6) is 1.47. The molecule has 5 nitrogen and oxygen atoms in total. The molecule has 0 saturated carbocycles. The van der Waals surface area contributed by atoms with Crippen molar-refractivity contribution in [3.05, 3.63) is 60.0 Å². The Hall–Kier alpha value is -2.69. The second-order valence-electron chi connectivity index (χ2n) is 7.13. The molecule has 0 radical (unpaired) electrons. The Morgan fingerprint density at radius 3 is 2.65 bits per heavy atom. The smallest absolute Gasteiger partial charge is 0.225 e. The predicted octanol–water partition coefficient (Wildman–Crippen LogP) is 3.96. The Bertz CT molecular complexity index is 871. The van der Waals surface area contributed by atoms with Crippen molar-refractivity contribution in [1.29, 1.82) is 0 Å². The molecule has 1 aliphatic rings. The Kier molecular flexibility index (Phi) is 4.69. The summed E-state index contributed by atoms with van der Waals surface area (Å²) in [4.78, 5) is 11.8. The van der Waals surface area contributed by atoms with Crippen LogP contribution in [0.25, 0.3) is 11.3 Å². The minimum atomic E-state index is 0.629. The molecule has 0 aliphatic carbocycles. The van der Waals surface area contributed by atoms with E-state index in [0.29, 0.717) is 5.92 Å². The van der Waals surface area contributed by atoms with E-state index < -0.39 is 0 Å². The van der Waals surface area contributed by atoms with Gasteiger partial charge < -0.3 is 4.90 Å². The first-order valence-corrected chi connectivity index (χ1v) is 9.33. The van der Waals surface area contributed by atoms with Gasteiger partial charge in [0, 0.05) is 38.1 Å². The van der Waals surface area contributed by atoms with Gasteiger partial charge in [-0.25, -0.2) is 9.97 Å². The van der Waals surface area contributed by atoms with Crippen molar-refractivity contribution in [2.45, 2.75) is 32.1 Å². The lowest BCUT2D eigenvalue weighted by Gasteiger charge is -2.21. The Balaban J connectivity index is 1.54. The molecule has 1 aliphatic heterocycles. The van der Waals surface area contributed by atoms with Crippen LogP contribution in [0.3, 0.4) is 0 Å². The van der Waals surface area contributed by atoms with Crippen LogP contribution in [0.15, 0.2) is 48.9 Å². The molecule has 1 saturated heterocycles. The summed E-state index contributed by atoms with van der Waals surface area (Å²) in [5.41, 5.74) is 4.56. The highest BCUT2D eigenvalue weighted by Gasteiger charge is 2.21. The normalized spacial score (nSPS) is 17.9. The molecule has 0 amide bonds. The number of anilines is 1. The van der Waals surface area contributed by atoms with Crippen LogP contribution >= 0.6 is 0 Å². The second kappa shape index (κ2) is 7.28. The number of nitrogens with zero attached hydrogens (tertiary/aromatic N) is 5. The van der Waals surface area contributed by atoms with Gasteiger partial charge in [-0.15, -0.1) is 0 Å². The molecule has 2 aromatic heterocycles. The maximum atomic E-state index is 4.88. The first-order valence-electron chi connectivity index (χ1n) is 9.33. The van der Waals surface area contributed by atoms with Gasteiger partial charge in [0.15, 0.2) is 0 Å². The SMILES string of the molecule is Cc1cnc(N2CCC[C@@H](c3ccccc3)CC2)nc1-c1cnn(C)c1. The van der Waals surface area contributed by atoms with Crippen molar-refractivity contribution >= 4 is 5.95 Å². The van der Waals surface area contributed by atoms with E-state index in [2.05, 4.69) is 52.2 Å². The van der Waals surface area contributed by atoms with Crippen molar-refractivity contribution in [3.63, 3.8) is 0 Å². The van der Waals surface area contributed by atoms with Crippen LogP contribution in [-0.4, -0.2) is 32.8 Å². The van der Waals surface area contributed by atoms with Crippen molar-refractivity contribution in [1.82, 2.24) is 19.7 Å². The van der Waals surface area contributed by atoms with Crippen LogP contribution in [0.4, 0.5) is 5.95 Å². The maximum Gasteiger partial charge on any atom is 0.225 e. The van der Waals surface area contributed by atoms with Gasteiger partial charge in [0.1, 0.15) is 0 Å². The summed E-state index contributed by atoms with van der Waals surface area (Å²) in [6.45, 7) is 4.06. The molecule has 0 bridgehead atoms. The average molecular weight is 347 g/mol. The quantitative estimate of drug-likeness (QED) is 0.719. The number of hydrogen-bond acceptors (Lipinski definition) is 4. The molecule has 0 unspecified atom stereocenters. The zero-order valence-electron chi connectivity index (χ0n) is 15.5. The molecule has 3 aromatic rings. The number of hydrogen-bond donors (Lipinski definition) is 0. The highest BCUT2D eigenvalue weighted by atomic mass is 15.3. The van der Waals surface area contributed by atoms with Gasteiger partial charge in [0.2, 0.25) is 5.95 Å². The molecular formula is C21H25N5. The van der Waals surface area contributed by atoms with Crippen LogP contribution in [0.5, 0.6) is 0 Å². The van der Waals surface area contributed by atoms with Gasteiger partial charge in [-0.1, -0.05) is 30.3 Å². The third kappa shape index (κ3) is 3.47. The summed E-state index contributed by atoms with van der Waals surface area (Å²) < 4.78 is 1.81. The summed E-state index contributed by atoms with van der Waals surface area (Å²) in [6.07, 6.45) is 9.34. The molecule has 5 heteroatoms. The molecule has 3 heterocycles. The average Bonchev–Trinajstić information content (AvgIpc) is 2.95. The molecule has 26 heavy (non-hydrogen) atoms.